The molecule has 3 rings (SSSR count). The van der Waals surface area contributed by atoms with E-state index in [1.54, 1.807) is 31.2 Å². The zero-order valence-corrected chi connectivity index (χ0v) is 15.3. The van der Waals surface area contributed by atoms with Crippen molar-refractivity contribution in [2.75, 3.05) is 6.26 Å². The number of esters is 1. The number of hydrogen-bond acceptors (Lipinski definition) is 6. The van der Waals surface area contributed by atoms with Crippen LogP contribution in [0.25, 0.3) is 11.1 Å². The first-order valence-corrected chi connectivity index (χ1v) is 10.1. The smallest absolute Gasteiger partial charge is 0.312 e. The Morgan fingerprint density at radius 1 is 1.12 bits per heavy atom. The molecule has 6 nitrogen and oxygen atoms in total. The average Bonchev–Trinajstić information content (AvgIpc) is 3.09. The fourth-order valence-electron chi connectivity index (χ4n) is 2.58. The predicted molar refractivity (Wildman–Crippen MR) is 97.2 cm³/mol. The predicted octanol–water partition coefficient (Wildman–Crippen LogP) is 3.49. The lowest BCUT2D eigenvalue weighted by molar-refractivity contribution is -0.135. The van der Waals surface area contributed by atoms with Gasteiger partial charge in [0.15, 0.2) is 15.9 Å². The van der Waals surface area contributed by atoms with Crippen molar-refractivity contribution < 1.29 is 22.8 Å². The van der Waals surface area contributed by atoms with Crippen molar-refractivity contribution in [3.63, 3.8) is 0 Å². The number of carbonyl (C=O) groups excluding carboxylic acids is 1. The van der Waals surface area contributed by atoms with Gasteiger partial charge in [-0.05, 0) is 28.8 Å². The average molecular weight is 373 g/mol. The van der Waals surface area contributed by atoms with E-state index < -0.39 is 9.84 Å². The molecule has 1 unspecified atom stereocenters. The maximum atomic E-state index is 11.5. The molecule has 7 heteroatoms. The summed E-state index contributed by atoms with van der Waals surface area (Å²) in [4.78, 5) is 16.9. The van der Waals surface area contributed by atoms with Crippen LogP contribution in [-0.4, -0.2) is 26.5 Å². The van der Waals surface area contributed by atoms with Crippen LogP contribution in [0.2, 0.25) is 0 Å². The summed E-state index contributed by atoms with van der Waals surface area (Å²) in [6.07, 6.45) is 1.60. The van der Waals surface area contributed by atoms with E-state index in [0.29, 0.717) is 17.2 Å². The normalized spacial score (nSPS) is 16.7. The molecule has 1 heterocycles. The third kappa shape index (κ3) is 4.11. The summed E-state index contributed by atoms with van der Waals surface area (Å²) in [5.41, 5.74) is 2.81. The Hall–Kier alpha value is -2.67. The van der Waals surface area contributed by atoms with E-state index in [4.69, 9.17) is 9.57 Å². The lowest BCUT2D eigenvalue weighted by Gasteiger charge is -2.09. The zero-order chi connectivity index (χ0) is 18.7. The van der Waals surface area contributed by atoms with Gasteiger partial charge in [-0.25, -0.2) is 8.42 Å². The molecule has 2 aromatic rings. The van der Waals surface area contributed by atoms with Gasteiger partial charge in [-0.15, -0.1) is 0 Å². The highest BCUT2D eigenvalue weighted by Crippen LogP contribution is 2.30. The third-order valence-corrected chi connectivity index (χ3v) is 5.19. The quantitative estimate of drug-likeness (QED) is 0.766. The minimum absolute atomic E-state index is 0.281. The topological polar surface area (TPSA) is 82.0 Å². The number of rotatable bonds is 4. The summed E-state index contributed by atoms with van der Waals surface area (Å²) in [5, 5.41) is 3.81. The molecule has 26 heavy (non-hydrogen) atoms. The van der Waals surface area contributed by atoms with Gasteiger partial charge >= 0.3 is 5.97 Å². The van der Waals surface area contributed by atoms with E-state index in [1.165, 1.54) is 6.26 Å². The summed E-state index contributed by atoms with van der Waals surface area (Å²) < 4.78 is 28.1. The van der Waals surface area contributed by atoms with Gasteiger partial charge in [0.1, 0.15) is 0 Å². The second-order valence-electron chi connectivity index (χ2n) is 6.03. The second kappa shape index (κ2) is 7.29. The second-order valence-corrected chi connectivity index (χ2v) is 8.05. The van der Waals surface area contributed by atoms with E-state index in [1.807, 2.05) is 24.3 Å². The summed E-state index contributed by atoms with van der Waals surface area (Å²) in [5.74, 6) is -0.0387. The molecule has 0 saturated heterocycles. The molecule has 0 fully saturated rings. The number of carbonyl (C=O) groups is 1. The molecule has 0 amide bonds. The van der Waals surface area contributed by atoms with Gasteiger partial charge < -0.3 is 9.57 Å². The number of sulfone groups is 1. The van der Waals surface area contributed by atoms with Gasteiger partial charge in [0, 0.05) is 12.7 Å². The van der Waals surface area contributed by atoms with Crippen molar-refractivity contribution in [3.05, 3.63) is 54.1 Å². The summed E-state index contributed by atoms with van der Waals surface area (Å²) >= 11 is 0. The molecule has 0 bridgehead atoms. The molecular weight excluding hydrogens is 354 g/mol. The maximum absolute atomic E-state index is 11.5. The fraction of sp³-hybridized carbons (Fsp3) is 0.263. The molecule has 1 atom stereocenters. The molecule has 0 N–H and O–H groups in total. The van der Waals surface area contributed by atoms with Crippen LogP contribution < -0.4 is 0 Å². The highest BCUT2D eigenvalue weighted by molar-refractivity contribution is 7.90. The minimum Gasteiger partial charge on any atom is -0.408 e. The van der Waals surface area contributed by atoms with Crippen LogP contribution in [-0.2, 0) is 24.2 Å². The first-order chi connectivity index (χ1) is 12.4. The van der Waals surface area contributed by atoms with Crippen molar-refractivity contribution in [3.8, 4) is 11.1 Å². The van der Waals surface area contributed by atoms with Crippen molar-refractivity contribution >= 4 is 21.7 Å². The van der Waals surface area contributed by atoms with Gasteiger partial charge in [-0.3, -0.25) is 4.79 Å². The van der Waals surface area contributed by atoms with E-state index >= 15 is 0 Å². The molecular formula is C19H19NO5S. The van der Waals surface area contributed by atoms with Crippen molar-refractivity contribution in [1.29, 1.82) is 0 Å². The number of nitrogens with zero attached hydrogens (tertiary/aromatic N) is 1. The number of hydrogen-bond donors (Lipinski definition) is 0. The number of oxime groups is 1. The van der Waals surface area contributed by atoms with Gasteiger partial charge in [-0.1, -0.05) is 48.5 Å². The molecule has 1 aliphatic heterocycles. The lowest BCUT2D eigenvalue weighted by Crippen LogP contribution is -2.10. The van der Waals surface area contributed by atoms with Crippen LogP contribution in [0, 0.1) is 0 Å². The molecule has 1 aliphatic rings. The fourth-order valence-corrected chi connectivity index (χ4v) is 3.21. The Bertz CT molecular complexity index is 931. The van der Waals surface area contributed by atoms with E-state index in [9.17, 15) is 13.2 Å². The van der Waals surface area contributed by atoms with Gasteiger partial charge in [-0.2, -0.15) is 0 Å². The van der Waals surface area contributed by atoms with Crippen LogP contribution in [0.4, 0.5) is 0 Å². The maximum Gasteiger partial charge on any atom is 0.312 e. The molecule has 0 aromatic heterocycles. The largest absolute Gasteiger partial charge is 0.408 e. The van der Waals surface area contributed by atoms with Crippen molar-refractivity contribution in [2.45, 2.75) is 30.8 Å². The van der Waals surface area contributed by atoms with Crippen LogP contribution in [0.1, 0.15) is 31.4 Å². The third-order valence-electron chi connectivity index (χ3n) is 4.06. The van der Waals surface area contributed by atoms with E-state index in [-0.39, 0.29) is 18.5 Å². The molecule has 0 aliphatic carbocycles. The van der Waals surface area contributed by atoms with Crippen LogP contribution in [0.5, 0.6) is 0 Å². The van der Waals surface area contributed by atoms with Gasteiger partial charge in [0.2, 0.25) is 5.90 Å². The minimum atomic E-state index is -3.20. The lowest BCUT2D eigenvalue weighted by atomic mass is 10.0. The van der Waals surface area contributed by atoms with Crippen molar-refractivity contribution in [2.24, 2.45) is 5.16 Å². The Kier molecular flexibility index (Phi) is 5.08. The summed E-state index contributed by atoms with van der Waals surface area (Å²) in [6.45, 7) is 1.72. The van der Waals surface area contributed by atoms with E-state index in [0.717, 1.165) is 16.7 Å². The molecule has 2 aromatic carbocycles. The van der Waals surface area contributed by atoms with Gasteiger partial charge in [0.25, 0.3) is 0 Å². The Morgan fingerprint density at radius 2 is 1.69 bits per heavy atom. The molecule has 0 spiro atoms. The molecule has 0 radical (unpaired) electrons. The zero-order valence-electron chi connectivity index (χ0n) is 14.5. The van der Waals surface area contributed by atoms with Crippen molar-refractivity contribution in [1.82, 2.24) is 0 Å². The Balaban J connectivity index is 1.69. The van der Waals surface area contributed by atoms with Gasteiger partial charge in [0.05, 0.1) is 11.3 Å². The van der Waals surface area contributed by atoms with Crippen LogP contribution >= 0.6 is 0 Å². The van der Waals surface area contributed by atoms with Crippen LogP contribution in [0.3, 0.4) is 0 Å². The molecule has 0 saturated carbocycles. The Morgan fingerprint density at radius 3 is 2.23 bits per heavy atom. The first-order valence-electron chi connectivity index (χ1n) is 8.20. The summed E-state index contributed by atoms with van der Waals surface area (Å²) in [6, 6.07) is 14.5. The highest BCUT2D eigenvalue weighted by Gasteiger charge is 2.25. The SMILES string of the molecule is CCC(=O)OC1=NOC(c2ccc(-c3ccc(S(C)(=O)=O)cc3)cc2)C1. The number of ether oxygens (including phenoxy) is 1. The summed E-state index contributed by atoms with van der Waals surface area (Å²) in [7, 11) is -3.20. The van der Waals surface area contributed by atoms with E-state index in [2.05, 4.69) is 5.16 Å². The monoisotopic (exact) mass is 373 g/mol. The Labute approximate surface area is 152 Å². The highest BCUT2D eigenvalue weighted by atomic mass is 32.2. The molecule has 136 valence electrons. The number of benzene rings is 2. The standard InChI is InChI=1S/C19H19NO5S/c1-3-19(21)24-18-12-17(25-20-18)15-6-4-13(5-7-15)14-8-10-16(11-9-14)26(2,22)23/h4-11,17H,3,12H2,1-2H3. The van der Waals surface area contributed by atoms with Crippen LogP contribution in [0.15, 0.2) is 58.6 Å². The first kappa shape index (κ1) is 18.1.